The minimum atomic E-state index is 0.0765. The Hall–Kier alpha value is -1.55. The van der Waals surface area contributed by atoms with Gasteiger partial charge in [0.05, 0.1) is 0 Å². The highest BCUT2D eigenvalue weighted by Gasteiger charge is 2.05. The quantitative estimate of drug-likeness (QED) is 0.603. The molecule has 82 valence electrons. The second-order valence-corrected chi connectivity index (χ2v) is 4.16. The Balaban J connectivity index is 2.48. The van der Waals surface area contributed by atoms with Crippen LogP contribution in [0.2, 0.25) is 0 Å². The van der Waals surface area contributed by atoms with E-state index >= 15 is 0 Å². The van der Waals surface area contributed by atoms with E-state index in [-0.39, 0.29) is 5.78 Å². The van der Waals surface area contributed by atoms with E-state index in [0.717, 1.165) is 16.4 Å². The molecule has 1 aromatic carbocycles. The average Bonchev–Trinajstić information content (AvgIpc) is 2.77. The van der Waals surface area contributed by atoms with Gasteiger partial charge in [-0.05, 0) is 25.3 Å². The number of hydrogen-bond donors (Lipinski definition) is 0. The van der Waals surface area contributed by atoms with Crippen molar-refractivity contribution in [1.29, 1.82) is 0 Å². The maximum absolute atomic E-state index is 11.3. The molecule has 1 heterocycles. The zero-order chi connectivity index (χ0) is 11.5. The van der Waals surface area contributed by atoms with Crippen molar-refractivity contribution < 1.29 is 4.79 Å². The lowest BCUT2D eigenvalue weighted by molar-refractivity contribution is 0.101. The molecule has 0 N–H and O–H groups in total. The molecular formula is C12H12N2OS. The van der Waals surface area contributed by atoms with Gasteiger partial charge >= 0.3 is 0 Å². The van der Waals surface area contributed by atoms with Crippen LogP contribution in [0.15, 0.2) is 41.8 Å². The lowest BCUT2D eigenvalue weighted by atomic mass is 10.1. The molecule has 0 aliphatic carbocycles. The Morgan fingerprint density at radius 3 is 2.94 bits per heavy atom. The van der Waals surface area contributed by atoms with E-state index in [0.29, 0.717) is 0 Å². The highest BCUT2D eigenvalue weighted by Crippen LogP contribution is 2.18. The summed E-state index contributed by atoms with van der Waals surface area (Å²) in [4.78, 5) is 15.5. The highest BCUT2D eigenvalue weighted by atomic mass is 32.2. The number of ketones is 1. The first kappa shape index (κ1) is 11.0. The van der Waals surface area contributed by atoms with E-state index in [1.54, 1.807) is 24.9 Å². The SMILES string of the molecule is CSc1nccn1-c1cccc(C(C)=O)c1. The van der Waals surface area contributed by atoms with Crippen LogP contribution in [0.3, 0.4) is 0 Å². The predicted molar refractivity (Wildman–Crippen MR) is 65.3 cm³/mol. The van der Waals surface area contributed by atoms with Crippen molar-refractivity contribution in [1.82, 2.24) is 9.55 Å². The van der Waals surface area contributed by atoms with Crippen molar-refractivity contribution in [2.45, 2.75) is 12.1 Å². The van der Waals surface area contributed by atoms with Gasteiger partial charge < -0.3 is 0 Å². The fourth-order valence-corrected chi connectivity index (χ4v) is 2.04. The maximum Gasteiger partial charge on any atom is 0.172 e. The van der Waals surface area contributed by atoms with Crippen molar-refractivity contribution in [3.63, 3.8) is 0 Å². The molecule has 16 heavy (non-hydrogen) atoms. The molecule has 2 aromatic rings. The summed E-state index contributed by atoms with van der Waals surface area (Å²) < 4.78 is 1.97. The number of rotatable bonds is 3. The van der Waals surface area contributed by atoms with E-state index in [2.05, 4.69) is 4.98 Å². The smallest absolute Gasteiger partial charge is 0.172 e. The fraction of sp³-hybridized carbons (Fsp3) is 0.167. The number of thioether (sulfide) groups is 1. The first-order valence-corrected chi connectivity index (χ1v) is 6.13. The first-order valence-electron chi connectivity index (χ1n) is 4.91. The number of carbonyl (C=O) groups is 1. The molecule has 2 rings (SSSR count). The van der Waals surface area contributed by atoms with Gasteiger partial charge in [-0.15, -0.1) is 0 Å². The Labute approximate surface area is 98.5 Å². The summed E-state index contributed by atoms with van der Waals surface area (Å²) in [5.41, 5.74) is 1.69. The third-order valence-electron chi connectivity index (χ3n) is 2.32. The minimum absolute atomic E-state index is 0.0765. The number of Topliss-reactive ketones (excluding diaryl/α,β-unsaturated/α-hetero) is 1. The van der Waals surface area contributed by atoms with Gasteiger partial charge in [-0.25, -0.2) is 4.98 Å². The Morgan fingerprint density at radius 1 is 1.44 bits per heavy atom. The maximum atomic E-state index is 11.3. The van der Waals surface area contributed by atoms with Crippen LogP contribution in [-0.4, -0.2) is 21.6 Å². The van der Waals surface area contributed by atoms with E-state index in [1.165, 1.54) is 0 Å². The largest absolute Gasteiger partial charge is 0.295 e. The second-order valence-electron chi connectivity index (χ2n) is 3.39. The molecule has 0 amide bonds. The van der Waals surface area contributed by atoms with Crippen molar-refractivity contribution in [3.8, 4) is 5.69 Å². The molecule has 4 heteroatoms. The molecule has 0 bridgehead atoms. The van der Waals surface area contributed by atoms with Crippen LogP contribution in [0.1, 0.15) is 17.3 Å². The molecule has 0 unspecified atom stereocenters. The predicted octanol–water partition coefficient (Wildman–Crippen LogP) is 2.80. The molecule has 0 radical (unpaired) electrons. The summed E-state index contributed by atoms with van der Waals surface area (Å²) in [6, 6.07) is 7.55. The molecule has 0 aliphatic rings. The van der Waals surface area contributed by atoms with Crippen LogP contribution >= 0.6 is 11.8 Å². The van der Waals surface area contributed by atoms with Gasteiger partial charge in [-0.1, -0.05) is 23.9 Å². The van der Waals surface area contributed by atoms with Gasteiger partial charge in [-0.3, -0.25) is 9.36 Å². The Bertz CT molecular complexity index is 519. The van der Waals surface area contributed by atoms with Crippen LogP contribution in [0.4, 0.5) is 0 Å². The van der Waals surface area contributed by atoms with Crippen LogP contribution < -0.4 is 0 Å². The van der Waals surface area contributed by atoms with E-state index in [9.17, 15) is 4.79 Å². The van der Waals surface area contributed by atoms with Crippen LogP contribution in [-0.2, 0) is 0 Å². The molecular weight excluding hydrogens is 220 g/mol. The zero-order valence-electron chi connectivity index (χ0n) is 9.18. The van der Waals surface area contributed by atoms with Crippen molar-refractivity contribution in [2.75, 3.05) is 6.26 Å². The highest BCUT2D eigenvalue weighted by molar-refractivity contribution is 7.98. The topological polar surface area (TPSA) is 34.9 Å². The standard InChI is InChI=1S/C12H12N2OS/c1-9(15)10-4-3-5-11(8-10)14-7-6-13-12(14)16-2/h3-8H,1-2H3. The Kier molecular flexibility index (Phi) is 3.10. The van der Waals surface area contributed by atoms with Crippen LogP contribution in [0.25, 0.3) is 5.69 Å². The summed E-state index contributed by atoms with van der Waals surface area (Å²) in [7, 11) is 0. The van der Waals surface area contributed by atoms with Gasteiger partial charge in [0.15, 0.2) is 10.9 Å². The van der Waals surface area contributed by atoms with Crippen LogP contribution in [0.5, 0.6) is 0 Å². The van der Waals surface area contributed by atoms with Crippen molar-refractivity contribution >= 4 is 17.5 Å². The summed E-state index contributed by atoms with van der Waals surface area (Å²) in [5, 5.41) is 0.917. The van der Waals surface area contributed by atoms with Gasteiger partial charge in [-0.2, -0.15) is 0 Å². The van der Waals surface area contributed by atoms with E-state index in [4.69, 9.17) is 0 Å². The number of aromatic nitrogens is 2. The lowest BCUT2D eigenvalue weighted by Crippen LogP contribution is -1.98. The van der Waals surface area contributed by atoms with Crippen molar-refractivity contribution in [2.24, 2.45) is 0 Å². The molecule has 1 aromatic heterocycles. The van der Waals surface area contributed by atoms with Gasteiger partial charge in [0.25, 0.3) is 0 Å². The van der Waals surface area contributed by atoms with E-state index < -0.39 is 0 Å². The van der Waals surface area contributed by atoms with Gasteiger partial charge in [0.1, 0.15) is 0 Å². The third kappa shape index (κ3) is 2.02. The molecule has 0 saturated heterocycles. The van der Waals surface area contributed by atoms with E-state index in [1.807, 2.05) is 41.3 Å². The first-order chi connectivity index (χ1) is 7.72. The number of hydrogen-bond acceptors (Lipinski definition) is 3. The summed E-state index contributed by atoms with van der Waals surface area (Å²) in [6.07, 6.45) is 5.63. The molecule has 0 fully saturated rings. The molecule has 0 atom stereocenters. The Morgan fingerprint density at radius 2 is 2.25 bits per heavy atom. The fourth-order valence-electron chi connectivity index (χ4n) is 1.51. The second kappa shape index (κ2) is 4.53. The molecule has 0 aliphatic heterocycles. The zero-order valence-corrected chi connectivity index (χ0v) is 9.99. The van der Waals surface area contributed by atoms with Crippen LogP contribution in [0, 0.1) is 0 Å². The average molecular weight is 232 g/mol. The van der Waals surface area contributed by atoms with Gasteiger partial charge in [0, 0.05) is 23.6 Å². The molecule has 0 spiro atoms. The number of nitrogens with zero attached hydrogens (tertiary/aromatic N) is 2. The summed E-state index contributed by atoms with van der Waals surface area (Å²) in [6.45, 7) is 1.57. The molecule has 3 nitrogen and oxygen atoms in total. The normalized spacial score (nSPS) is 10.4. The summed E-state index contributed by atoms with van der Waals surface area (Å²) in [5.74, 6) is 0.0765. The summed E-state index contributed by atoms with van der Waals surface area (Å²) >= 11 is 1.58. The number of benzene rings is 1. The van der Waals surface area contributed by atoms with Crippen molar-refractivity contribution in [3.05, 3.63) is 42.2 Å². The third-order valence-corrected chi connectivity index (χ3v) is 2.99. The number of imidazole rings is 1. The lowest BCUT2D eigenvalue weighted by Gasteiger charge is -2.06. The number of carbonyl (C=O) groups excluding carboxylic acids is 1. The monoisotopic (exact) mass is 232 g/mol. The van der Waals surface area contributed by atoms with Gasteiger partial charge in [0.2, 0.25) is 0 Å². The molecule has 0 saturated carbocycles. The minimum Gasteiger partial charge on any atom is -0.295 e.